The van der Waals surface area contributed by atoms with Crippen molar-refractivity contribution in [2.75, 3.05) is 13.6 Å². The van der Waals surface area contributed by atoms with E-state index in [1.54, 1.807) is 0 Å². The van der Waals surface area contributed by atoms with Crippen molar-refractivity contribution in [1.82, 2.24) is 20.9 Å². The molecule has 1 rings (SSSR count). The maximum Gasteiger partial charge on any atom is 0.324 e. The Hall–Kier alpha value is -2.12. The Kier molecular flexibility index (Phi) is 4.85. The monoisotopic (exact) mass is 270 g/mol. The summed E-state index contributed by atoms with van der Waals surface area (Å²) in [5, 5.41) is 6.85. The molecule has 0 aromatic heterocycles. The van der Waals surface area contributed by atoms with Gasteiger partial charge in [-0.2, -0.15) is 0 Å². The molecular formula is C11H18N4O4. The standard InChI is InChI=1S/C11H18N4O4/c1-6(2)8-9(17)15(11(19)14-8)5-4-7(16)13-10(18)12-3/h6,8H,4-5H2,1-3H3,(H,14,19)(H2,12,13,16,18). The summed E-state index contributed by atoms with van der Waals surface area (Å²) in [6.45, 7) is 3.60. The van der Waals surface area contributed by atoms with Gasteiger partial charge in [-0.25, -0.2) is 9.59 Å². The molecule has 0 spiro atoms. The van der Waals surface area contributed by atoms with E-state index in [1.807, 2.05) is 13.8 Å². The van der Waals surface area contributed by atoms with Crippen LogP contribution < -0.4 is 16.0 Å². The number of nitrogens with one attached hydrogen (secondary N) is 3. The second-order valence-corrected chi connectivity index (χ2v) is 4.54. The van der Waals surface area contributed by atoms with Crippen LogP contribution in [0, 0.1) is 5.92 Å². The van der Waals surface area contributed by atoms with Crippen molar-refractivity contribution in [2.24, 2.45) is 5.92 Å². The molecule has 106 valence electrons. The molecule has 19 heavy (non-hydrogen) atoms. The molecule has 0 aliphatic carbocycles. The van der Waals surface area contributed by atoms with E-state index in [0.717, 1.165) is 4.90 Å². The van der Waals surface area contributed by atoms with Gasteiger partial charge < -0.3 is 10.6 Å². The molecule has 0 bridgehead atoms. The highest BCUT2D eigenvalue weighted by Gasteiger charge is 2.39. The first-order valence-electron chi connectivity index (χ1n) is 6.00. The van der Waals surface area contributed by atoms with Gasteiger partial charge in [0.2, 0.25) is 5.91 Å². The van der Waals surface area contributed by atoms with Crippen molar-refractivity contribution in [1.29, 1.82) is 0 Å². The highest BCUT2D eigenvalue weighted by molar-refractivity contribution is 6.04. The largest absolute Gasteiger partial charge is 0.341 e. The fourth-order valence-electron chi connectivity index (χ4n) is 1.67. The first-order valence-corrected chi connectivity index (χ1v) is 6.00. The lowest BCUT2D eigenvalue weighted by Crippen LogP contribution is -2.40. The zero-order chi connectivity index (χ0) is 14.6. The van der Waals surface area contributed by atoms with Crippen molar-refractivity contribution in [2.45, 2.75) is 26.3 Å². The Morgan fingerprint density at radius 3 is 2.47 bits per heavy atom. The molecule has 1 unspecified atom stereocenters. The molecule has 1 heterocycles. The fraction of sp³-hybridized carbons (Fsp3) is 0.636. The van der Waals surface area contributed by atoms with Gasteiger partial charge in [-0.3, -0.25) is 19.8 Å². The average Bonchev–Trinajstić information content (AvgIpc) is 2.62. The van der Waals surface area contributed by atoms with Crippen LogP contribution in [0.25, 0.3) is 0 Å². The number of carbonyl (C=O) groups excluding carboxylic acids is 4. The van der Waals surface area contributed by atoms with Crippen molar-refractivity contribution in [3.8, 4) is 0 Å². The van der Waals surface area contributed by atoms with Crippen molar-refractivity contribution in [3.05, 3.63) is 0 Å². The highest BCUT2D eigenvalue weighted by atomic mass is 16.2. The smallest absolute Gasteiger partial charge is 0.324 e. The predicted molar refractivity (Wildman–Crippen MR) is 66.1 cm³/mol. The minimum absolute atomic E-state index is 0.0128. The van der Waals surface area contributed by atoms with Gasteiger partial charge in [-0.1, -0.05) is 13.8 Å². The molecule has 1 saturated heterocycles. The van der Waals surface area contributed by atoms with Crippen LogP contribution in [0.4, 0.5) is 9.59 Å². The third kappa shape index (κ3) is 3.67. The second-order valence-electron chi connectivity index (χ2n) is 4.54. The molecule has 8 nitrogen and oxygen atoms in total. The van der Waals surface area contributed by atoms with E-state index < -0.39 is 24.0 Å². The normalized spacial score (nSPS) is 18.5. The Bertz CT molecular complexity index is 407. The Morgan fingerprint density at radius 1 is 1.37 bits per heavy atom. The van der Waals surface area contributed by atoms with Crippen molar-refractivity contribution in [3.63, 3.8) is 0 Å². The van der Waals surface area contributed by atoms with Crippen LogP contribution in [0.15, 0.2) is 0 Å². The number of rotatable bonds is 4. The van der Waals surface area contributed by atoms with E-state index >= 15 is 0 Å². The predicted octanol–water partition coefficient (Wildman–Crippen LogP) is -0.591. The number of amides is 6. The van der Waals surface area contributed by atoms with Crippen LogP contribution in [0.3, 0.4) is 0 Å². The van der Waals surface area contributed by atoms with Gasteiger partial charge >= 0.3 is 12.1 Å². The van der Waals surface area contributed by atoms with E-state index in [2.05, 4.69) is 16.0 Å². The van der Waals surface area contributed by atoms with Gasteiger partial charge in [0.05, 0.1) is 0 Å². The molecule has 1 aliphatic rings. The summed E-state index contributed by atoms with van der Waals surface area (Å²) in [5.74, 6) is -0.901. The van der Waals surface area contributed by atoms with Gasteiger partial charge in [0.15, 0.2) is 0 Å². The van der Waals surface area contributed by atoms with Gasteiger partial charge in [0.1, 0.15) is 6.04 Å². The molecule has 0 saturated carbocycles. The average molecular weight is 270 g/mol. The summed E-state index contributed by atoms with van der Waals surface area (Å²) in [5.41, 5.74) is 0. The SMILES string of the molecule is CNC(=O)NC(=O)CCN1C(=O)NC(C(C)C)C1=O. The topological polar surface area (TPSA) is 108 Å². The molecule has 1 aliphatic heterocycles. The Balaban J connectivity index is 2.49. The third-order valence-electron chi connectivity index (χ3n) is 2.77. The summed E-state index contributed by atoms with van der Waals surface area (Å²) >= 11 is 0. The molecule has 3 N–H and O–H groups in total. The third-order valence-corrected chi connectivity index (χ3v) is 2.77. The van der Waals surface area contributed by atoms with Crippen LogP contribution in [0.2, 0.25) is 0 Å². The van der Waals surface area contributed by atoms with E-state index in [1.165, 1.54) is 7.05 Å². The minimum Gasteiger partial charge on any atom is -0.341 e. The molecular weight excluding hydrogens is 252 g/mol. The van der Waals surface area contributed by atoms with Gasteiger partial charge in [-0.05, 0) is 5.92 Å². The first kappa shape index (κ1) is 14.9. The lowest BCUT2D eigenvalue weighted by atomic mass is 10.1. The lowest BCUT2D eigenvalue weighted by Gasteiger charge is -2.14. The number of hydrogen-bond donors (Lipinski definition) is 3. The fourth-order valence-corrected chi connectivity index (χ4v) is 1.67. The maximum absolute atomic E-state index is 11.9. The van der Waals surface area contributed by atoms with E-state index in [-0.39, 0.29) is 24.8 Å². The lowest BCUT2D eigenvalue weighted by molar-refractivity contribution is -0.128. The summed E-state index contributed by atoms with van der Waals surface area (Å²) < 4.78 is 0. The van der Waals surface area contributed by atoms with Crippen LogP contribution in [-0.2, 0) is 9.59 Å². The van der Waals surface area contributed by atoms with E-state index in [9.17, 15) is 19.2 Å². The van der Waals surface area contributed by atoms with E-state index in [4.69, 9.17) is 0 Å². The summed E-state index contributed by atoms with van der Waals surface area (Å²) in [6.07, 6.45) is -0.114. The number of urea groups is 2. The quantitative estimate of drug-likeness (QED) is 0.593. The summed E-state index contributed by atoms with van der Waals surface area (Å²) in [6, 6.07) is -1.67. The second kappa shape index (κ2) is 6.17. The van der Waals surface area contributed by atoms with Crippen LogP contribution in [0.1, 0.15) is 20.3 Å². The van der Waals surface area contributed by atoms with Gasteiger partial charge in [0.25, 0.3) is 5.91 Å². The molecule has 6 amide bonds. The van der Waals surface area contributed by atoms with Crippen LogP contribution in [-0.4, -0.2) is 48.4 Å². The maximum atomic E-state index is 11.9. The number of imide groups is 2. The first-order chi connectivity index (χ1) is 8.86. The highest BCUT2D eigenvalue weighted by Crippen LogP contribution is 2.13. The van der Waals surface area contributed by atoms with Crippen molar-refractivity contribution < 1.29 is 19.2 Å². The Morgan fingerprint density at radius 2 is 2.00 bits per heavy atom. The minimum atomic E-state index is -0.623. The zero-order valence-electron chi connectivity index (χ0n) is 11.1. The Labute approximate surface area is 110 Å². The summed E-state index contributed by atoms with van der Waals surface area (Å²) in [4.78, 5) is 46.7. The number of carbonyl (C=O) groups is 4. The molecule has 8 heteroatoms. The van der Waals surface area contributed by atoms with Gasteiger partial charge in [0, 0.05) is 20.0 Å². The van der Waals surface area contributed by atoms with E-state index in [0.29, 0.717) is 0 Å². The van der Waals surface area contributed by atoms with Crippen molar-refractivity contribution >= 4 is 23.9 Å². The molecule has 0 aromatic rings. The molecule has 0 aromatic carbocycles. The summed E-state index contributed by atoms with van der Waals surface area (Å²) in [7, 11) is 1.38. The zero-order valence-corrected chi connectivity index (χ0v) is 11.1. The molecule has 1 fully saturated rings. The molecule has 0 radical (unpaired) electrons. The van der Waals surface area contributed by atoms with Crippen LogP contribution in [0.5, 0.6) is 0 Å². The van der Waals surface area contributed by atoms with Gasteiger partial charge in [-0.15, -0.1) is 0 Å². The number of nitrogens with zero attached hydrogens (tertiary/aromatic N) is 1. The van der Waals surface area contributed by atoms with Crippen LogP contribution >= 0.6 is 0 Å². The number of hydrogen-bond acceptors (Lipinski definition) is 4. The molecule has 1 atom stereocenters.